The molecule has 0 aromatic carbocycles. The highest BCUT2D eigenvalue weighted by atomic mass is 32.1. The lowest BCUT2D eigenvalue weighted by Gasteiger charge is -1.88. The van der Waals surface area contributed by atoms with Crippen LogP contribution >= 0.6 is 11.3 Å². The van der Waals surface area contributed by atoms with Crippen molar-refractivity contribution in [1.82, 2.24) is 15.0 Å². The lowest BCUT2D eigenvalue weighted by molar-refractivity contribution is 1.05. The van der Waals surface area contributed by atoms with Crippen molar-refractivity contribution >= 4 is 21.7 Å². The van der Waals surface area contributed by atoms with Crippen LogP contribution in [-0.2, 0) is 0 Å². The first-order valence-electron chi connectivity index (χ1n) is 3.51. The average Bonchev–Trinajstić information content (AvgIpc) is 2.29. The van der Waals surface area contributed by atoms with Crippen LogP contribution in [0.25, 0.3) is 10.3 Å². The second-order valence-electron chi connectivity index (χ2n) is 2.54. The monoisotopic (exact) mass is 181 g/mol. The first kappa shape index (κ1) is 7.42. The first-order valence-corrected chi connectivity index (χ1v) is 4.32. The normalized spacial score (nSPS) is 10.8. The van der Waals surface area contributed by atoms with Gasteiger partial charge < -0.3 is 4.98 Å². The first-order chi connectivity index (χ1) is 5.66. The predicted octanol–water partition coefficient (Wildman–Crippen LogP) is 0.996. The molecule has 2 rings (SSSR count). The van der Waals surface area contributed by atoms with Crippen LogP contribution in [0.15, 0.2) is 4.79 Å². The van der Waals surface area contributed by atoms with Gasteiger partial charge in [0.1, 0.15) is 10.5 Å². The van der Waals surface area contributed by atoms with Gasteiger partial charge in [0.25, 0.3) is 5.56 Å². The summed E-state index contributed by atoms with van der Waals surface area (Å²) in [5, 5.41) is 0.869. The Bertz CT molecular complexity index is 485. The minimum atomic E-state index is -0.0944. The Hall–Kier alpha value is -1.23. The number of aryl methyl sites for hydroxylation is 2. The number of aromatic amines is 1. The molecule has 4 nitrogen and oxygen atoms in total. The number of hydrogen-bond donors (Lipinski definition) is 1. The molecule has 2 aromatic heterocycles. The number of fused-ring (bicyclic) bond motifs is 1. The average molecular weight is 181 g/mol. The van der Waals surface area contributed by atoms with Gasteiger partial charge in [-0.2, -0.15) is 0 Å². The Morgan fingerprint density at radius 2 is 2.08 bits per heavy atom. The van der Waals surface area contributed by atoms with Crippen LogP contribution in [0, 0.1) is 13.8 Å². The summed E-state index contributed by atoms with van der Waals surface area (Å²) in [6.07, 6.45) is 0. The molecule has 2 aromatic rings. The van der Waals surface area contributed by atoms with Gasteiger partial charge in [0, 0.05) is 0 Å². The van der Waals surface area contributed by atoms with Crippen molar-refractivity contribution in [2.24, 2.45) is 0 Å². The van der Waals surface area contributed by atoms with E-state index in [4.69, 9.17) is 0 Å². The van der Waals surface area contributed by atoms with Crippen molar-refractivity contribution < 1.29 is 0 Å². The molecule has 5 heteroatoms. The molecular weight excluding hydrogens is 174 g/mol. The molecule has 0 unspecified atom stereocenters. The maximum atomic E-state index is 11.3. The molecule has 12 heavy (non-hydrogen) atoms. The third kappa shape index (κ3) is 1.02. The number of H-pyrrole nitrogens is 1. The van der Waals surface area contributed by atoms with E-state index < -0.39 is 0 Å². The summed E-state index contributed by atoms with van der Waals surface area (Å²) in [6.45, 7) is 3.61. The number of aromatic nitrogens is 3. The molecule has 0 spiro atoms. The summed E-state index contributed by atoms with van der Waals surface area (Å²) in [5.74, 6) is 0.609. The predicted molar refractivity (Wildman–Crippen MR) is 47.5 cm³/mol. The molecule has 0 fully saturated rings. The van der Waals surface area contributed by atoms with Crippen LogP contribution in [0.5, 0.6) is 0 Å². The summed E-state index contributed by atoms with van der Waals surface area (Å²) in [5.41, 5.74) is 0.460. The van der Waals surface area contributed by atoms with Crippen LogP contribution in [0.1, 0.15) is 10.8 Å². The lowest BCUT2D eigenvalue weighted by atomic mass is 10.5. The van der Waals surface area contributed by atoms with Crippen LogP contribution in [-0.4, -0.2) is 15.0 Å². The third-order valence-corrected chi connectivity index (χ3v) is 2.45. The minimum absolute atomic E-state index is 0.0944. The molecule has 2 heterocycles. The molecule has 0 saturated heterocycles. The zero-order valence-corrected chi connectivity index (χ0v) is 7.53. The molecular formula is C7H7N3OS. The van der Waals surface area contributed by atoms with Crippen LogP contribution in [0.3, 0.4) is 0 Å². The number of nitrogens with one attached hydrogen (secondary N) is 1. The highest BCUT2D eigenvalue weighted by Gasteiger charge is 2.05. The van der Waals surface area contributed by atoms with Gasteiger partial charge >= 0.3 is 0 Å². The fourth-order valence-electron chi connectivity index (χ4n) is 1.05. The zero-order valence-electron chi connectivity index (χ0n) is 6.71. The topological polar surface area (TPSA) is 58.6 Å². The molecule has 1 N–H and O–H groups in total. The minimum Gasteiger partial charge on any atom is -0.309 e. The van der Waals surface area contributed by atoms with Gasteiger partial charge in [-0.3, -0.25) is 4.79 Å². The van der Waals surface area contributed by atoms with E-state index in [1.807, 2.05) is 6.92 Å². The maximum absolute atomic E-state index is 11.3. The van der Waals surface area contributed by atoms with Crippen LogP contribution < -0.4 is 5.56 Å². The lowest BCUT2D eigenvalue weighted by Crippen LogP contribution is -2.07. The van der Waals surface area contributed by atoms with E-state index in [1.165, 1.54) is 11.3 Å². The van der Waals surface area contributed by atoms with Crippen molar-refractivity contribution in [2.75, 3.05) is 0 Å². The number of rotatable bonds is 0. The van der Waals surface area contributed by atoms with Crippen LogP contribution in [0.2, 0.25) is 0 Å². The quantitative estimate of drug-likeness (QED) is 0.659. The second kappa shape index (κ2) is 2.38. The SMILES string of the molecule is Cc1nc2nc(C)sc2c(=O)[nH]1. The Kier molecular flexibility index (Phi) is 1.47. The van der Waals surface area contributed by atoms with E-state index in [-0.39, 0.29) is 5.56 Å². The van der Waals surface area contributed by atoms with E-state index >= 15 is 0 Å². The Labute approximate surface area is 72.3 Å². The van der Waals surface area contributed by atoms with Crippen molar-refractivity contribution in [1.29, 1.82) is 0 Å². The molecule has 0 atom stereocenters. The Balaban J connectivity index is 2.98. The third-order valence-electron chi connectivity index (χ3n) is 1.49. The Morgan fingerprint density at radius 1 is 1.33 bits per heavy atom. The van der Waals surface area contributed by atoms with E-state index in [1.54, 1.807) is 6.92 Å². The number of hydrogen-bond acceptors (Lipinski definition) is 4. The smallest absolute Gasteiger partial charge is 0.270 e. The molecule has 0 radical (unpaired) electrons. The highest BCUT2D eigenvalue weighted by Crippen LogP contribution is 2.14. The molecule has 0 amide bonds. The van der Waals surface area contributed by atoms with E-state index in [9.17, 15) is 4.79 Å². The summed E-state index contributed by atoms with van der Waals surface area (Å²) in [4.78, 5) is 22.1. The summed E-state index contributed by atoms with van der Waals surface area (Å²) < 4.78 is 0.609. The van der Waals surface area contributed by atoms with Crippen molar-refractivity contribution in [3.05, 3.63) is 21.2 Å². The molecule has 0 saturated carbocycles. The molecule has 0 aliphatic carbocycles. The fourth-order valence-corrected chi connectivity index (χ4v) is 1.80. The summed E-state index contributed by atoms with van der Waals surface area (Å²) in [7, 11) is 0. The molecule has 0 aliphatic heterocycles. The van der Waals surface area contributed by atoms with Gasteiger partial charge in [-0.1, -0.05) is 0 Å². The summed E-state index contributed by atoms with van der Waals surface area (Å²) in [6, 6.07) is 0. The van der Waals surface area contributed by atoms with Gasteiger partial charge in [-0.15, -0.1) is 11.3 Å². The molecule has 0 bridgehead atoms. The second-order valence-corrected chi connectivity index (χ2v) is 3.74. The van der Waals surface area contributed by atoms with E-state index in [2.05, 4.69) is 15.0 Å². The van der Waals surface area contributed by atoms with Gasteiger partial charge in [0.2, 0.25) is 0 Å². The standard InChI is InChI=1S/C7H7N3OS/c1-3-8-6-5(7(11)9-3)12-4(2)10-6/h1-2H3,(H,8,9,11). The Morgan fingerprint density at radius 3 is 2.83 bits per heavy atom. The number of thiazole rings is 1. The number of nitrogens with zero attached hydrogens (tertiary/aromatic N) is 2. The van der Waals surface area contributed by atoms with Crippen molar-refractivity contribution in [2.45, 2.75) is 13.8 Å². The fraction of sp³-hybridized carbons (Fsp3) is 0.286. The van der Waals surface area contributed by atoms with Crippen LogP contribution in [0.4, 0.5) is 0 Å². The zero-order chi connectivity index (χ0) is 8.72. The molecule has 0 aliphatic rings. The molecule has 62 valence electrons. The van der Waals surface area contributed by atoms with Crippen molar-refractivity contribution in [3.63, 3.8) is 0 Å². The summed E-state index contributed by atoms with van der Waals surface area (Å²) >= 11 is 1.37. The van der Waals surface area contributed by atoms with Crippen molar-refractivity contribution in [3.8, 4) is 0 Å². The van der Waals surface area contributed by atoms with E-state index in [0.717, 1.165) is 5.01 Å². The van der Waals surface area contributed by atoms with Gasteiger partial charge in [0.05, 0.1) is 5.01 Å². The van der Waals surface area contributed by atoms with Gasteiger partial charge in [0.15, 0.2) is 5.65 Å². The largest absolute Gasteiger partial charge is 0.309 e. The highest BCUT2D eigenvalue weighted by molar-refractivity contribution is 7.18. The van der Waals surface area contributed by atoms with E-state index in [0.29, 0.717) is 16.2 Å². The van der Waals surface area contributed by atoms with Gasteiger partial charge in [-0.25, -0.2) is 9.97 Å². The maximum Gasteiger partial charge on any atom is 0.270 e. The van der Waals surface area contributed by atoms with Gasteiger partial charge in [-0.05, 0) is 13.8 Å².